The van der Waals surface area contributed by atoms with E-state index in [1.807, 2.05) is 36.4 Å². The van der Waals surface area contributed by atoms with Gasteiger partial charge in [-0.3, -0.25) is 0 Å². The predicted molar refractivity (Wildman–Crippen MR) is 108 cm³/mol. The zero-order chi connectivity index (χ0) is 17.1. The normalized spacial score (nSPS) is 10.5. The van der Waals surface area contributed by atoms with Crippen molar-refractivity contribution in [3.63, 3.8) is 0 Å². The van der Waals surface area contributed by atoms with Crippen LogP contribution >= 0.6 is 38.5 Å². The molecule has 0 saturated carbocycles. The first-order chi connectivity index (χ1) is 11.5. The fourth-order valence-corrected chi connectivity index (χ4v) is 3.27. The van der Waals surface area contributed by atoms with Crippen LogP contribution in [0, 0.1) is 15.2 Å². The molecule has 4 aromatic rings. The van der Waals surface area contributed by atoms with Gasteiger partial charge in [0.1, 0.15) is 11.6 Å². The van der Waals surface area contributed by atoms with Gasteiger partial charge in [0, 0.05) is 8.04 Å². The Morgan fingerprint density at radius 2 is 1.04 bits per heavy atom. The number of hydrogen-bond acceptors (Lipinski definition) is 0. The molecule has 0 aromatic heterocycles. The van der Waals surface area contributed by atoms with Gasteiger partial charge in [-0.25, -0.2) is 8.78 Å². The molecule has 0 unspecified atom stereocenters. The topological polar surface area (TPSA) is 0 Å². The average molecular weight is 497 g/mol. The Hall–Kier alpha value is -1.53. The van der Waals surface area contributed by atoms with Crippen molar-refractivity contribution in [2.45, 2.75) is 0 Å². The largest absolute Gasteiger partial charge is 0.207 e. The van der Waals surface area contributed by atoms with Gasteiger partial charge >= 0.3 is 0 Å². The van der Waals surface area contributed by atoms with Crippen LogP contribution in [-0.4, -0.2) is 0 Å². The van der Waals surface area contributed by atoms with Crippen molar-refractivity contribution < 1.29 is 8.78 Å². The van der Waals surface area contributed by atoms with Gasteiger partial charge < -0.3 is 0 Å². The summed E-state index contributed by atoms with van der Waals surface area (Å²) in [5.74, 6) is -0.367. The van der Waals surface area contributed by atoms with Crippen molar-refractivity contribution in [3.8, 4) is 0 Å². The number of fused-ring (bicyclic) bond motifs is 2. The molecule has 0 spiro atoms. The third-order valence-corrected chi connectivity index (χ3v) is 4.69. The lowest BCUT2D eigenvalue weighted by Crippen LogP contribution is -1.77. The zero-order valence-electron chi connectivity index (χ0n) is 12.4. The molecule has 0 saturated heterocycles. The van der Waals surface area contributed by atoms with Crippen LogP contribution < -0.4 is 0 Å². The van der Waals surface area contributed by atoms with Crippen LogP contribution in [0.1, 0.15) is 0 Å². The second kappa shape index (κ2) is 7.57. The van der Waals surface area contributed by atoms with E-state index >= 15 is 0 Å². The van der Waals surface area contributed by atoms with Crippen LogP contribution in [0.2, 0.25) is 0 Å². The molecule has 0 aliphatic rings. The van der Waals surface area contributed by atoms with E-state index in [2.05, 4.69) is 38.5 Å². The highest BCUT2D eigenvalue weighted by molar-refractivity contribution is 14.1. The third-order valence-electron chi connectivity index (χ3n) is 3.53. The van der Waals surface area contributed by atoms with E-state index in [0.29, 0.717) is 0 Å². The molecule has 0 nitrogen and oxygen atoms in total. The summed E-state index contributed by atoms with van der Waals surface area (Å²) >= 11 is 5.60. The maximum absolute atomic E-state index is 12.7. The minimum absolute atomic E-state index is 0.177. The minimum Gasteiger partial charge on any atom is -0.207 e. The summed E-state index contributed by atoms with van der Waals surface area (Å²) in [6, 6.07) is 21.3. The second-order valence-corrected chi connectivity index (χ2v) is 7.43. The lowest BCUT2D eigenvalue weighted by molar-refractivity contribution is 0.629. The maximum Gasteiger partial charge on any atom is 0.123 e. The SMILES string of the molecule is Fc1ccc2cc(Br)ccc2c1.Fc1ccc2cc(I)ccc2c1. The van der Waals surface area contributed by atoms with Gasteiger partial charge in [-0.1, -0.05) is 40.2 Å². The molecule has 120 valence electrons. The lowest BCUT2D eigenvalue weighted by Gasteiger charge is -1.97. The smallest absolute Gasteiger partial charge is 0.123 e. The van der Waals surface area contributed by atoms with Gasteiger partial charge in [0.2, 0.25) is 0 Å². The molecule has 0 amide bonds. The zero-order valence-corrected chi connectivity index (χ0v) is 16.2. The molecule has 4 rings (SSSR count). The summed E-state index contributed by atoms with van der Waals surface area (Å²) in [6.45, 7) is 0. The summed E-state index contributed by atoms with van der Waals surface area (Å²) in [7, 11) is 0. The molecule has 0 aliphatic heterocycles. The molecular weight excluding hydrogens is 485 g/mol. The van der Waals surface area contributed by atoms with Crippen molar-refractivity contribution in [1.29, 1.82) is 0 Å². The van der Waals surface area contributed by atoms with E-state index in [4.69, 9.17) is 0 Å². The van der Waals surface area contributed by atoms with Crippen LogP contribution in [-0.2, 0) is 0 Å². The molecule has 0 fully saturated rings. The summed E-state index contributed by atoms with van der Waals surface area (Å²) < 4.78 is 27.6. The molecular formula is C20H12BrF2I. The number of halogens is 4. The van der Waals surface area contributed by atoms with Crippen LogP contribution in [0.3, 0.4) is 0 Å². The van der Waals surface area contributed by atoms with E-state index in [1.165, 1.54) is 21.8 Å². The summed E-state index contributed by atoms with van der Waals surface area (Å²) in [4.78, 5) is 0. The van der Waals surface area contributed by atoms with Gasteiger partial charge in [0.25, 0.3) is 0 Å². The van der Waals surface area contributed by atoms with Crippen LogP contribution in [0.5, 0.6) is 0 Å². The molecule has 0 heterocycles. The summed E-state index contributed by atoms with van der Waals surface area (Å²) in [5.41, 5.74) is 0. The molecule has 4 heteroatoms. The van der Waals surface area contributed by atoms with E-state index < -0.39 is 0 Å². The first-order valence-corrected chi connectivity index (χ1v) is 9.08. The number of rotatable bonds is 0. The molecule has 0 aliphatic carbocycles. The standard InChI is InChI=1S/C10H6BrF.C10H6FI/c2*11-9-3-1-8-6-10(12)4-2-7(8)5-9/h2*1-6H. The summed E-state index contributed by atoms with van der Waals surface area (Å²) in [5, 5.41) is 4.02. The highest BCUT2D eigenvalue weighted by Crippen LogP contribution is 2.20. The Morgan fingerprint density at radius 3 is 1.67 bits per heavy atom. The highest BCUT2D eigenvalue weighted by Gasteiger charge is 1.96. The second-order valence-electron chi connectivity index (χ2n) is 5.27. The molecule has 0 atom stereocenters. The average Bonchev–Trinajstić information content (AvgIpc) is 2.56. The molecule has 0 N–H and O–H groups in total. The number of hydrogen-bond donors (Lipinski definition) is 0. The van der Waals surface area contributed by atoms with E-state index in [0.717, 1.165) is 26.0 Å². The van der Waals surface area contributed by atoms with Gasteiger partial charge in [0.05, 0.1) is 0 Å². The van der Waals surface area contributed by atoms with Crippen molar-refractivity contribution >= 4 is 60.1 Å². The van der Waals surface area contributed by atoms with Gasteiger partial charge in [-0.2, -0.15) is 0 Å². The van der Waals surface area contributed by atoms with Crippen LogP contribution in [0.15, 0.2) is 77.3 Å². The van der Waals surface area contributed by atoms with Crippen molar-refractivity contribution in [3.05, 3.63) is 92.5 Å². The van der Waals surface area contributed by atoms with Crippen molar-refractivity contribution in [2.75, 3.05) is 0 Å². The van der Waals surface area contributed by atoms with E-state index in [-0.39, 0.29) is 11.6 Å². The van der Waals surface area contributed by atoms with Gasteiger partial charge in [0.15, 0.2) is 0 Å². The predicted octanol–water partition coefficient (Wildman–Crippen LogP) is 7.32. The van der Waals surface area contributed by atoms with Crippen LogP contribution in [0.25, 0.3) is 21.5 Å². The minimum atomic E-state index is -0.190. The Balaban J connectivity index is 0.000000141. The van der Waals surface area contributed by atoms with Crippen molar-refractivity contribution in [1.82, 2.24) is 0 Å². The lowest BCUT2D eigenvalue weighted by atomic mass is 10.1. The molecule has 4 aromatic carbocycles. The van der Waals surface area contributed by atoms with Gasteiger partial charge in [-0.05, 0) is 92.7 Å². The molecule has 24 heavy (non-hydrogen) atoms. The van der Waals surface area contributed by atoms with Crippen molar-refractivity contribution in [2.24, 2.45) is 0 Å². The fraction of sp³-hybridized carbons (Fsp3) is 0. The highest BCUT2D eigenvalue weighted by atomic mass is 127. The third kappa shape index (κ3) is 4.30. The monoisotopic (exact) mass is 496 g/mol. The van der Waals surface area contributed by atoms with Gasteiger partial charge in [-0.15, -0.1) is 0 Å². The first kappa shape index (κ1) is 17.3. The maximum atomic E-state index is 12.7. The Labute approximate surface area is 160 Å². The Morgan fingerprint density at radius 1 is 0.583 bits per heavy atom. The fourth-order valence-electron chi connectivity index (χ4n) is 2.37. The molecule has 0 radical (unpaired) electrons. The van der Waals surface area contributed by atoms with E-state index in [1.54, 1.807) is 18.2 Å². The summed E-state index contributed by atoms with van der Waals surface area (Å²) in [6.07, 6.45) is 0. The Bertz CT molecular complexity index is 849. The van der Waals surface area contributed by atoms with Crippen LogP contribution in [0.4, 0.5) is 8.78 Å². The molecule has 0 bridgehead atoms. The first-order valence-electron chi connectivity index (χ1n) is 7.21. The number of benzene rings is 4. The quantitative estimate of drug-likeness (QED) is 0.224. The Kier molecular flexibility index (Phi) is 5.46. The van der Waals surface area contributed by atoms with E-state index in [9.17, 15) is 8.78 Å².